The van der Waals surface area contributed by atoms with Crippen LogP contribution in [0.15, 0.2) is 65.2 Å². The molecule has 0 atom stereocenters. The number of pyridine rings is 2. The van der Waals surface area contributed by atoms with Crippen LogP contribution in [0, 0.1) is 27.5 Å². The molecule has 6 aromatic rings. The number of hydrogen-bond acceptors (Lipinski definition) is 2. The molecule has 0 unspecified atom stereocenters. The van der Waals surface area contributed by atoms with E-state index in [4.69, 9.17) is 16.8 Å². The van der Waals surface area contributed by atoms with E-state index in [2.05, 4.69) is 4.98 Å². The van der Waals surface area contributed by atoms with Gasteiger partial charge in [0.05, 0.1) is 5.56 Å². The molecular formula is C29H25N2O+. The maximum absolute atomic E-state index is 8.23. The van der Waals surface area contributed by atoms with Gasteiger partial charge in [-0.3, -0.25) is 0 Å². The van der Waals surface area contributed by atoms with Crippen LogP contribution in [0.5, 0.6) is 0 Å². The molecule has 3 aromatic heterocycles. The van der Waals surface area contributed by atoms with Gasteiger partial charge in [0.1, 0.15) is 12.6 Å². The second kappa shape index (κ2) is 6.64. The van der Waals surface area contributed by atoms with Crippen LogP contribution in [0.2, 0.25) is 0 Å². The van der Waals surface area contributed by atoms with Crippen molar-refractivity contribution in [3.05, 3.63) is 83.2 Å². The molecular weight excluding hydrogens is 392 g/mol. The lowest BCUT2D eigenvalue weighted by molar-refractivity contribution is -0.660. The minimum Gasteiger partial charge on any atom is -0.453 e. The molecule has 3 heteroatoms. The van der Waals surface area contributed by atoms with E-state index in [-0.39, 0.29) is 16.8 Å². The van der Waals surface area contributed by atoms with Crippen molar-refractivity contribution in [1.82, 2.24) is 4.98 Å². The van der Waals surface area contributed by atoms with Gasteiger partial charge in [-0.05, 0) is 55.4 Å². The Morgan fingerprint density at radius 1 is 0.844 bits per heavy atom. The van der Waals surface area contributed by atoms with Crippen molar-refractivity contribution < 1.29 is 21.3 Å². The minimum absolute atomic E-state index is 0.0344. The summed E-state index contributed by atoms with van der Waals surface area (Å²) in [6.07, 6.45) is 1.33. The number of nitrogens with zero attached hydrogens (tertiary/aromatic N) is 2. The molecule has 0 saturated carbocycles. The number of furan rings is 1. The normalized spacial score (nSPS) is 17.2. The number of aryl methyl sites for hydroxylation is 5. The molecule has 0 aliphatic rings. The third-order valence-electron chi connectivity index (χ3n) is 6.21. The fourth-order valence-electron chi connectivity index (χ4n) is 4.63. The van der Waals surface area contributed by atoms with E-state index in [1.165, 1.54) is 12.3 Å². The van der Waals surface area contributed by atoms with Gasteiger partial charge in [-0.1, -0.05) is 42.5 Å². The zero-order valence-electron chi connectivity index (χ0n) is 26.6. The largest absolute Gasteiger partial charge is 0.453 e. The van der Waals surface area contributed by atoms with Gasteiger partial charge >= 0.3 is 0 Å². The van der Waals surface area contributed by atoms with E-state index in [9.17, 15) is 0 Å². The van der Waals surface area contributed by atoms with E-state index < -0.39 is 20.6 Å². The summed E-state index contributed by atoms with van der Waals surface area (Å²) in [5, 5.41) is 3.39. The van der Waals surface area contributed by atoms with Crippen LogP contribution in [0.3, 0.4) is 0 Å². The average Bonchev–Trinajstić information content (AvgIpc) is 3.24. The second-order valence-corrected chi connectivity index (χ2v) is 8.18. The maximum Gasteiger partial charge on any atom is 0.216 e. The lowest BCUT2D eigenvalue weighted by Gasteiger charge is -2.07. The summed E-state index contributed by atoms with van der Waals surface area (Å²) in [5.41, 5.74) is 2.42. The summed E-state index contributed by atoms with van der Waals surface area (Å²) >= 11 is 0. The molecule has 0 amide bonds. The first-order valence-electron chi connectivity index (χ1n) is 14.8. The van der Waals surface area contributed by atoms with Crippen LogP contribution >= 0.6 is 0 Å². The van der Waals surface area contributed by atoms with Gasteiger partial charge in [0.25, 0.3) is 0 Å². The standard InChI is InChI=1S/C29H25N2O/c1-16-10-12-23-27-29(32-28(23)25(16)24-14-17(2)18(3)15-31(24)5)26-21(19(4)30-27)13-11-20-8-6-7-9-22(20)26/h6-15H,1-5H3/q+1/i2D3,3D3,4D3. The quantitative estimate of drug-likeness (QED) is 0.209. The molecule has 0 saturated heterocycles. The Kier molecular flexibility index (Phi) is 2.44. The first-order valence-corrected chi connectivity index (χ1v) is 10.3. The van der Waals surface area contributed by atoms with Crippen molar-refractivity contribution in [2.75, 3.05) is 0 Å². The molecule has 0 spiro atoms. The van der Waals surface area contributed by atoms with Gasteiger partial charge in [-0.15, -0.1) is 0 Å². The molecule has 0 fully saturated rings. The Hall–Kier alpha value is -3.72. The third kappa shape index (κ3) is 2.54. The van der Waals surface area contributed by atoms with Crippen LogP contribution in [0.1, 0.15) is 34.7 Å². The minimum atomic E-state index is -2.67. The van der Waals surface area contributed by atoms with Crippen molar-refractivity contribution in [3.63, 3.8) is 0 Å². The fourth-order valence-corrected chi connectivity index (χ4v) is 4.63. The molecule has 3 aromatic carbocycles. The molecule has 32 heavy (non-hydrogen) atoms. The van der Waals surface area contributed by atoms with Crippen molar-refractivity contribution in [1.29, 1.82) is 0 Å². The Bertz CT molecular complexity index is 2030. The highest BCUT2D eigenvalue weighted by Crippen LogP contribution is 2.41. The average molecular weight is 427 g/mol. The molecule has 0 bridgehead atoms. The highest BCUT2D eigenvalue weighted by Gasteiger charge is 2.23. The van der Waals surface area contributed by atoms with Gasteiger partial charge in [0, 0.05) is 45.8 Å². The topological polar surface area (TPSA) is 29.9 Å². The van der Waals surface area contributed by atoms with Crippen LogP contribution in [0.4, 0.5) is 0 Å². The molecule has 3 heterocycles. The van der Waals surface area contributed by atoms with Gasteiger partial charge in [0.2, 0.25) is 5.69 Å². The summed E-state index contributed by atoms with van der Waals surface area (Å²) in [6.45, 7) is -5.94. The van der Waals surface area contributed by atoms with Gasteiger partial charge in [0.15, 0.2) is 17.4 Å². The van der Waals surface area contributed by atoms with E-state index in [1.807, 2.05) is 49.4 Å². The van der Waals surface area contributed by atoms with Crippen molar-refractivity contribution in [3.8, 4) is 11.3 Å². The zero-order chi connectivity index (χ0) is 29.6. The Morgan fingerprint density at radius 2 is 1.69 bits per heavy atom. The second-order valence-electron chi connectivity index (χ2n) is 8.18. The number of aromatic nitrogens is 2. The van der Waals surface area contributed by atoms with E-state index >= 15 is 0 Å². The van der Waals surface area contributed by atoms with Crippen LogP contribution in [-0.4, -0.2) is 4.98 Å². The third-order valence-corrected chi connectivity index (χ3v) is 6.21. The van der Waals surface area contributed by atoms with Crippen molar-refractivity contribution in [2.24, 2.45) is 7.05 Å². The predicted molar refractivity (Wildman–Crippen MR) is 132 cm³/mol. The summed E-state index contributed by atoms with van der Waals surface area (Å²) in [6, 6.07) is 16.3. The van der Waals surface area contributed by atoms with Crippen molar-refractivity contribution >= 4 is 43.6 Å². The maximum atomic E-state index is 8.23. The molecule has 0 N–H and O–H groups in total. The van der Waals surface area contributed by atoms with Crippen LogP contribution in [-0.2, 0) is 7.05 Å². The molecule has 156 valence electrons. The number of hydrogen-bond donors (Lipinski definition) is 0. The van der Waals surface area contributed by atoms with E-state index in [1.54, 1.807) is 17.7 Å². The van der Waals surface area contributed by atoms with E-state index in [0.29, 0.717) is 44.1 Å². The van der Waals surface area contributed by atoms with Crippen LogP contribution < -0.4 is 4.57 Å². The summed E-state index contributed by atoms with van der Waals surface area (Å²) in [4.78, 5) is 4.63. The smallest absolute Gasteiger partial charge is 0.216 e. The molecule has 0 aliphatic heterocycles. The Labute approximate surface area is 199 Å². The molecule has 0 radical (unpaired) electrons. The Balaban J connectivity index is 1.79. The number of rotatable bonds is 1. The van der Waals surface area contributed by atoms with Crippen molar-refractivity contribution in [2.45, 2.75) is 27.5 Å². The molecule has 6 rings (SSSR count). The first-order chi connectivity index (χ1) is 19.1. The fraction of sp³-hybridized carbons (Fsp3) is 0.172. The van der Waals surface area contributed by atoms with E-state index in [0.717, 1.165) is 16.3 Å². The number of benzene rings is 3. The first kappa shape index (κ1) is 11.8. The summed E-state index contributed by atoms with van der Waals surface area (Å²) in [7, 11) is 1.66. The molecule has 0 aliphatic carbocycles. The lowest BCUT2D eigenvalue weighted by atomic mass is 9.98. The SMILES string of the molecule is [2H]C([2H])([2H])c1cc(-c2c(C)ccc3c2oc2c3nc(C([2H])([2H])[2H])c3ccc4ccccc4c32)[n+](C)cc1C([2H])([2H])[2H]. The monoisotopic (exact) mass is 426 g/mol. The summed E-state index contributed by atoms with van der Waals surface area (Å²) < 4.78 is 80.8. The van der Waals surface area contributed by atoms with Crippen LogP contribution in [0.25, 0.3) is 54.9 Å². The lowest BCUT2D eigenvalue weighted by Crippen LogP contribution is -2.31. The molecule has 3 nitrogen and oxygen atoms in total. The number of fused-ring (bicyclic) bond motifs is 7. The zero-order valence-corrected chi connectivity index (χ0v) is 17.6. The van der Waals surface area contributed by atoms with Gasteiger partial charge in [-0.2, -0.15) is 0 Å². The van der Waals surface area contributed by atoms with Gasteiger partial charge in [-0.25, -0.2) is 9.55 Å². The Morgan fingerprint density at radius 3 is 2.53 bits per heavy atom. The van der Waals surface area contributed by atoms with Gasteiger partial charge < -0.3 is 4.42 Å². The highest BCUT2D eigenvalue weighted by molar-refractivity contribution is 6.23. The highest BCUT2D eigenvalue weighted by atomic mass is 16.3. The summed E-state index contributed by atoms with van der Waals surface area (Å²) in [5.74, 6) is 0. The predicted octanol–water partition coefficient (Wildman–Crippen LogP) is 7.01.